The number of carbonyl (C=O) groups excluding carboxylic acids is 1. The Labute approximate surface area is 152 Å². The highest BCUT2D eigenvalue weighted by atomic mass is 35.5. The summed E-state index contributed by atoms with van der Waals surface area (Å²) >= 11 is 5.96. The Morgan fingerprint density at radius 2 is 2.08 bits per heavy atom. The van der Waals surface area contributed by atoms with Crippen molar-refractivity contribution in [2.45, 2.75) is 6.54 Å². The van der Waals surface area contributed by atoms with Crippen molar-refractivity contribution in [3.63, 3.8) is 0 Å². The number of hydrogen-bond donors (Lipinski definition) is 2. The largest absolute Gasteiger partial charge is 0.462 e. The average molecular weight is 370 g/mol. The first-order valence-electron chi connectivity index (χ1n) is 7.86. The summed E-state index contributed by atoms with van der Waals surface area (Å²) in [5, 5.41) is 11.0. The summed E-state index contributed by atoms with van der Waals surface area (Å²) in [5.41, 5.74) is 2.06. The van der Waals surface area contributed by atoms with Crippen LogP contribution in [0.3, 0.4) is 0 Å². The van der Waals surface area contributed by atoms with E-state index in [1.165, 1.54) is 18.4 Å². The number of carbonyl (C=O) groups is 1. The Hall–Kier alpha value is -3.12. The summed E-state index contributed by atoms with van der Waals surface area (Å²) < 4.78 is 19.3. The van der Waals surface area contributed by atoms with Gasteiger partial charge >= 0.3 is 0 Å². The van der Waals surface area contributed by atoms with Crippen LogP contribution in [0, 0.1) is 5.82 Å². The van der Waals surface area contributed by atoms with Crippen molar-refractivity contribution < 1.29 is 13.6 Å². The number of aromatic amines is 1. The van der Waals surface area contributed by atoms with Crippen LogP contribution in [-0.2, 0) is 6.54 Å². The number of nitrogens with one attached hydrogen (secondary N) is 2. The SMILES string of the molecule is O=C(NCc1c(F)cccc1Cl)c1coc(-c2n[nH]c3ccccc23)c1. The molecule has 0 aliphatic rings. The van der Waals surface area contributed by atoms with Crippen LogP contribution in [0.5, 0.6) is 0 Å². The van der Waals surface area contributed by atoms with Gasteiger partial charge in [0.1, 0.15) is 17.8 Å². The van der Waals surface area contributed by atoms with Crippen LogP contribution in [0.2, 0.25) is 5.02 Å². The molecule has 26 heavy (non-hydrogen) atoms. The Bertz CT molecular complexity index is 1080. The number of H-pyrrole nitrogens is 1. The van der Waals surface area contributed by atoms with Gasteiger partial charge in [-0.2, -0.15) is 5.10 Å². The minimum Gasteiger partial charge on any atom is -0.462 e. The predicted molar refractivity (Wildman–Crippen MR) is 96.4 cm³/mol. The third-order valence-electron chi connectivity index (χ3n) is 4.05. The first kappa shape index (κ1) is 16.4. The molecule has 2 N–H and O–H groups in total. The molecule has 0 unspecified atom stereocenters. The molecule has 0 saturated heterocycles. The molecule has 0 bridgehead atoms. The molecule has 0 aliphatic carbocycles. The lowest BCUT2D eigenvalue weighted by atomic mass is 10.1. The topological polar surface area (TPSA) is 70.9 Å². The normalized spacial score (nSPS) is 11.0. The molecule has 7 heteroatoms. The second-order valence-corrected chi connectivity index (χ2v) is 6.11. The van der Waals surface area contributed by atoms with Crippen molar-refractivity contribution in [2.24, 2.45) is 0 Å². The number of hydrogen-bond acceptors (Lipinski definition) is 3. The van der Waals surface area contributed by atoms with Crippen molar-refractivity contribution >= 4 is 28.4 Å². The lowest BCUT2D eigenvalue weighted by Gasteiger charge is -2.06. The molecule has 0 atom stereocenters. The van der Waals surface area contributed by atoms with Crippen LogP contribution in [0.4, 0.5) is 4.39 Å². The molecule has 5 nitrogen and oxygen atoms in total. The van der Waals surface area contributed by atoms with Gasteiger partial charge in [-0.3, -0.25) is 9.89 Å². The zero-order chi connectivity index (χ0) is 18.1. The van der Waals surface area contributed by atoms with Gasteiger partial charge in [0, 0.05) is 22.5 Å². The van der Waals surface area contributed by atoms with E-state index in [1.807, 2.05) is 24.3 Å². The number of halogens is 2. The molecule has 1 amide bonds. The predicted octanol–water partition coefficient (Wildman–Crippen LogP) is 4.55. The van der Waals surface area contributed by atoms with Gasteiger partial charge in [-0.1, -0.05) is 35.9 Å². The summed E-state index contributed by atoms with van der Waals surface area (Å²) in [7, 11) is 0. The quantitative estimate of drug-likeness (QED) is 0.554. The number of para-hydroxylation sites is 1. The number of amides is 1. The molecule has 0 spiro atoms. The first-order valence-corrected chi connectivity index (χ1v) is 8.24. The maximum atomic E-state index is 13.8. The van der Waals surface area contributed by atoms with E-state index in [0.717, 1.165) is 10.9 Å². The molecular weight excluding hydrogens is 357 g/mol. The van der Waals surface area contributed by atoms with E-state index in [2.05, 4.69) is 15.5 Å². The zero-order valence-electron chi connectivity index (χ0n) is 13.4. The second kappa shape index (κ2) is 6.65. The third-order valence-corrected chi connectivity index (χ3v) is 4.41. The highest BCUT2D eigenvalue weighted by Crippen LogP contribution is 2.27. The molecule has 2 heterocycles. The number of nitrogens with zero attached hydrogens (tertiary/aromatic N) is 1. The van der Waals surface area contributed by atoms with E-state index in [-0.39, 0.29) is 23.0 Å². The first-order chi connectivity index (χ1) is 12.6. The van der Waals surface area contributed by atoms with Gasteiger partial charge in [0.15, 0.2) is 5.76 Å². The minimum absolute atomic E-state index is 0.0177. The maximum Gasteiger partial charge on any atom is 0.254 e. The Kier molecular flexibility index (Phi) is 4.18. The number of benzene rings is 2. The van der Waals surface area contributed by atoms with E-state index in [4.69, 9.17) is 16.0 Å². The van der Waals surface area contributed by atoms with Gasteiger partial charge < -0.3 is 9.73 Å². The fourth-order valence-corrected chi connectivity index (χ4v) is 2.93. The van der Waals surface area contributed by atoms with Gasteiger partial charge in [-0.25, -0.2) is 4.39 Å². The van der Waals surface area contributed by atoms with Gasteiger partial charge in [-0.05, 0) is 24.3 Å². The molecule has 2 aromatic carbocycles. The number of fused-ring (bicyclic) bond motifs is 1. The summed E-state index contributed by atoms with van der Waals surface area (Å²) in [6, 6.07) is 13.6. The van der Waals surface area contributed by atoms with Crippen molar-refractivity contribution in [2.75, 3.05) is 0 Å². The van der Waals surface area contributed by atoms with Crippen LogP contribution >= 0.6 is 11.6 Å². The summed E-state index contributed by atoms with van der Waals surface area (Å²) in [6.45, 7) is -0.0177. The Morgan fingerprint density at radius 3 is 2.92 bits per heavy atom. The fourth-order valence-electron chi connectivity index (χ4n) is 2.70. The third kappa shape index (κ3) is 2.95. The highest BCUT2D eigenvalue weighted by molar-refractivity contribution is 6.31. The summed E-state index contributed by atoms with van der Waals surface area (Å²) in [6.07, 6.45) is 1.34. The summed E-state index contributed by atoms with van der Waals surface area (Å²) in [4.78, 5) is 12.3. The van der Waals surface area contributed by atoms with E-state index < -0.39 is 5.82 Å². The highest BCUT2D eigenvalue weighted by Gasteiger charge is 2.16. The molecule has 0 fully saturated rings. The van der Waals surface area contributed by atoms with E-state index in [1.54, 1.807) is 12.1 Å². The van der Waals surface area contributed by atoms with E-state index in [0.29, 0.717) is 17.0 Å². The molecule has 4 aromatic rings. The average Bonchev–Trinajstić information content (AvgIpc) is 3.28. The smallest absolute Gasteiger partial charge is 0.254 e. The maximum absolute atomic E-state index is 13.8. The lowest BCUT2D eigenvalue weighted by molar-refractivity contribution is 0.0950. The Morgan fingerprint density at radius 1 is 1.23 bits per heavy atom. The number of rotatable bonds is 4. The molecule has 4 rings (SSSR count). The van der Waals surface area contributed by atoms with E-state index in [9.17, 15) is 9.18 Å². The van der Waals surface area contributed by atoms with Crippen molar-refractivity contribution in [1.82, 2.24) is 15.5 Å². The number of aromatic nitrogens is 2. The van der Waals surface area contributed by atoms with Crippen LogP contribution < -0.4 is 5.32 Å². The molecule has 0 saturated carbocycles. The standard InChI is InChI=1S/C19H13ClFN3O2/c20-14-5-3-6-15(21)13(14)9-22-19(25)11-8-17(26-10-11)18-12-4-1-2-7-16(12)23-24-18/h1-8,10H,9H2,(H,22,25)(H,23,24). The van der Waals surface area contributed by atoms with Crippen LogP contribution in [0.25, 0.3) is 22.4 Å². The minimum atomic E-state index is -0.464. The summed E-state index contributed by atoms with van der Waals surface area (Å²) in [5.74, 6) is -0.385. The van der Waals surface area contributed by atoms with E-state index >= 15 is 0 Å². The van der Waals surface area contributed by atoms with Crippen LogP contribution in [0.15, 0.2) is 59.2 Å². The van der Waals surface area contributed by atoms with Crippen LogP contribution in [-0.4, -0.2) is 16.1 Å². The second-order valence-electron chi connectivity index (χ2n) is 5.70. The zero-order valence-corrected chi connectivity index (χ0v) is 14.2. The van der Waals surface area contributed by atoms with Gasteiger partial charge in [-0.15, -0.1) is 0 Å². The Balaban J connectivity index is 1.53. The molecule has 130 valence electrons. The van der Waals surface area contributed by atoms with Gasteiger partial charge in [0.05, 0.1) is 11.1 Å². The molecule has 0 radical (unpaired) electrons. The van der Waals surface area contributed by atoms with Gasteiger partial charge in [0.2, 0.25) is 0 Å². The number of furan rings is 1. The monoisotopic (exact) mass is 369 g/mol. The molecule has 0 aliphatic heterocycles. The van der Waals surface area contributed by atoms with Gasteiger partial charge in [0.25, 0.3) is 5.91 Å². The van der Waals surface area contributed by atoms with Crippen molar-refractivity contribution in [1.29, 1.82) is 0 Å². The van der Waals surface area contributed by atoms with Crippen molar-refractivity contribution in [3.8, 4) is 11.5 Å². The van der Waals surface area contributed by atoms with Crippen molar-refractivity contribution in [3.05, 3.63) is 76.8 Å². The molecular formula is C19H13ClFN3O2. The van der Waals surface area contributed by atoms with Crippen LogP contribution in [0.1, 0.15) is 15.9 Å². The molecule has 2 aromatic heterocycles. The lowest BCUT2D eigenvalue weighted by Crippen LogP contribution is -2.23. The fraction of sp³-hybridized carbons (Fsp3) is 0.0526.